The third-order valence-electron chi connectivity index (χ3n) is 3.23. The summed E-state index contributed by atoms with van der Waals surface area (Å²) in [7, 11) is 0. The molecule has 0 unspecified atom stereocenters. The van der Waals surface area contributed by atoms with Crippen molar-refractivity contribution in [1.82, 2.24) is 14.9 Å². The molecule has 2 N–H and O–H groups in total. The summed E-state index contributed by atoms with van der Waals surface area (Å²) in [6, 6.07) is 1.76. The summed E-state index contributed by atoms with van der Waals surface area (Å²) in [5.41, 5.74) is -0.579. The number of nitrogens with one attached hydrogen (secondary N) is 2. The first-order valence-electron chi connectivity index (χ1n) is 5.67. The number of aryl methyl sites for hydroxylation is 1. The van der Waals surface area contributed by atoms with E-state index in [2.05, 4.69) is 10.3 Å². The van der Waals surface area contributed by atoms with Gasteiger partial charge in [-0.25, -0.2) is 4.79 Å². The van der Waals surface area contributed by atoms with Crippen LogP contribution in [0.5, 0.6) is 0 Å². The average molecular weight is 251 g/mol. The number of aromatic amines is 1. The Morgan fingerprint density at radius 1 is 1.41 bits per heavy atom. The average Bonchev–Trinajstić information content (AvgIpc) is 2.69. The van der Waals surface area contributed by atoms with Gasteiger partial charge in [0, 0.05) is 6.54 Å². The Morgan fingerprint density at radius 2 is 2.24 bits per heavy atom. The second-order valence-electron chi connectivity index (χ2n) is 4.36. The molecule has 0 atom stereocenters. The van der Waals surface area contributed by atoms with Crippen LogP contribution in [0.15, 0.2) is 21.0 Å². The Labute approximate surface area is 101 Å². The third kappa shape index (κ3) is 1.83. The Hall–Kier alpha value is -1.40. The highest BCUT2D eigenvalue weighted by Crippen LogP contribution is 2.17. The predicted octanol–water partition coefficient (Wildman–Crippen LogP) is 0.361. The van der Waals surface area contributed by atoms with Gasteiger partial charge in [-0.2, -0.15) is 0 Å². The van der Waals surface area contributed by atoms with Crippen LogP contribution in [0.1, 0.15) is 6.42 Å². The minimum absolute atomic E-state index is 0.284. The van der Waals surface area contributed by atoms with Crippen molar-refractivity contribution in [2.75, 3.05) is 13.1 Å². The fourth-order valence-electron chi connectivity index (χ4n) is 2.07. The minimum atomic E-state index is -0.294. The molecule has 0 amide bonds. The highest BCUT2D eigenvalue weighted by Gasteiger charge is 2.17. The normalized spacial score (nSPS) is 16.2. The fourth-order valence-corrected chi connectivity index (χ4v) is 3.00. The van der Waals surface area contributed by atoms with Gasteiger partial charge in [0.15, 0.2) is 0 Å². The number of fused-ring (bicyclic) bond motifs is 1. The van der Waals surface area contributed by atoms with Gasteiger partial charge in [0.25, 0.3) is 5.56 Å². The molecule has 2 aromatic heterocycles. The Morgan fingerprint density at radius 3 is 2.94 bits per heavy atom. The molecule has 3 rings (SSSR count). The van der Waals surface area contributed by atoms with E-state index in [1.807, 2.05) is 5.38 Å². The molecule has 0 aliphatic carbocycles. The molecular weight excluding hydrogens is 238 g/mol. The van der Waals surface area contributed by atoms with E-state index in [9.17, 15) is 9.59 Å². The molecular formula is C11H13N3O2S. The summed E-state index contributed by atoms with van der Waals surface area (Å²) >= 11 is 1.45. The van der Waals surface area contributed by atoms with Crippen molar-refractivity contribution < 1.29 is 0 Å². The summed E-state index contributed by atoms with van der Waals surface area (Å²) in [4.78, 5) is 26.5. The zero-order chi connectivity index (χ0) is 11.8. The van der Waals surface area contributed by atoms with Crippen molar-refractivity contribution in [2.45, 2.75) is 13.0 Å². The second-order valence-corrected chi connectivity index (χ2v) is 5.26. The van der Waals surface area contributed by atoms with E-state index in [1.54, 1.807) is 10.6 Å². The van der Waals surface area contributed by atoms with Gasteiger partial charge in [-0.1, -0.05) is 0 Å². The Balaban J connectivity index is 1.99. The highest BCUT2D eigenvalue weighted by molar-refractivity contribution is 7.16. The monoisotopic (exact) mass is 251 g/mol. The molecule has 1 aliphatic rings. The van der Waals surface area contributed by atoms with Gasteiger partial charge < -0.3 is 5.32 Å². The van der Waals surface area contributed by atoms with E-state index >= 15 is 0 Å². The third-order valence-corrected chi connectivity index (χ3v) is 4.16. The van der Waals surface area contributed by atoms with Crippen molar-refractivity contribution >= 4 is 21.6 Å². The Kier molecular flexibility index (Phi) is 2.60. The number of nitrogens with zero attached hydrogens (tertiary/aromatic N) is 1. The van der Waals surface area contributed by atoms with Crippen LogP contribution in [0, 0.1) is 5.92 Å². The largest absolute Gasteiger partial charge is 0.329 e. The summed E-state index contributed by atoms with van der Waals surface area (Å²) in [5, 5.41) is 5.67. The number of thiophene rings is 1. The molecule has 2 aromatic rings. The standard InChI is InChI=1S/C11H13N3O2S/c15-9-8-2-4-17-10(8)14(11(16)13-9)3-1-7-5-12-6-7/h2,4,7,12H,1,3,5-6H2,(H,13,15,16). The van der Waals surface area contributed by atoms with Crippen LogP contribution in [0.4, 0.5) is 0 Å². The van der Waals surface area contributed by atoms with E-state index in [-0.39, 0.29) is 11.2 Å². The molecule has 3 heterocycles. The van der Waals surface area contributed by atoms with E-state index < -0.39 is 0 Å². The summed E-state index contributed by atoms with van der Waals surface area (Å²) in [5.74, 6) is 0.656. The van der Waals surface area contributed by atoms with Crippen LogP contribution in [0.25, 0.3) is 10.2 Å². The number of hydrogen-bond acceptors (Lipinski definition) is 4. The number of H-pyrrole nitrogens is 1. The van der Waals surface area contributed by atoms with Gasteiger partial charge in [-0.15, -0.1) is 11.3 Å². The molecule has 90 valence electrons. The van der Waals surface area contributed by atoms with Gasteiger partial charge in [0.1, 0.15) is 4.83 Å². The van der Waals surface area contributed by atoms with Crippen LogP contribution in [0.3, 0.4) is 0 Å². The molecule has 0 spiro atoms. The lowest BCUT2D eigenvalue weighted by atomic mass is 10.00. The van der Waals surface area contributed by atoms with Crippen molar-refractivity contribution in [1.29, 1.82) is 0 Å². The molecule has 6 heteroatoms. The molecule has 1 saturated heterocycles. The van der Waals surface area contributed by atoms with E-state index in [4.69, 9.17) is 0 Å². The highest BCUT2D eigenvalue weighted by atomic mass is 32.1. The minimum Gasteiger partial charge on any atom is -0.316 e. The number of hydrogen-bond donors (Lipinski definition) is 2. The van der Waals surface area contributed by atoms with Crippen LogP contribution < -0.4 is 16.6 Å². The van der Waals surface area contributed by atoms with Gasteiger partial charge in [0.05, 0.1) is 5.39 Å². The maximum absolute atomic E-state index is 11.8. The first-order valence-corrected chi connectivity index (χ1v) is 6.55. The Bertz CT molecular complexity index is 651. The number of aromatic nitrogens is 2. The quantitative estimate of drug-likeness (QED) is 0.827. The zero-order valence-electron chi connectivity index (χ0n) is 9.23. The molecule has 5 nitrogen and oxygen atoms in total. The van der Waals surface area contributed by atoms with Gasteiger partial charge in [-0.3, -0.25) is 14.3 Å². The van der Waals surface area contributed by atoms with Gasteiger partial charge in [0.2, 0.25) is 0 Å². The summed E-state index contributed by atoms with van der Waals surface area (Å²) in [6.07, 6.45) is 0.978. The van der Waals surface area contributed by atoms with Crippen LogP contribution in [0.2, 0.25) is 0 Å². The summed E-state index contributed by atoms with van der Waals surface area (Å²) < 4.78 is 1.68. The molecule has 0 bridgehead atoms. The van der Waals surface area contributed by atoms with E-state index in [0.717, 1.165) is 24.3 Å². The van der Waals surface area contributed by atoms with Gasteiger partial charge >= 0.3 is 5.69 Å². The molecule has 1 fully saturated rings. The van der Waals surface area contributed by atoms with Crippen LogP contribution >= 0.6 is 11.3 Å². The molecule has 1 aliphatic heterocycles. The SMILES string of the molecule is O=c1[nH]c(=O)n(CCC2CNC2)c2sccc12. The fraction of sp³-hybridized carbons (Fsp3) is 0.455. The first-order chi connectivity index (χ1) is 8.25. The second kappa shape index (κ2) is 4.12. The molecule has 0 aromatic carbocycles. The van der Waals surface area contributed by atoms with Crippen molar-refractivity contribution in [3.05, 3.63) is 32.3 Å². The van der Waals surface area contributed by atoms with Crippen molar-refractivity contribution in [3.63, 3.8) is 0 Å². The zero-order valence-corrected chi connectivity index (χ0v) is 10.0. The lowest BCUT2D eigenvalue weighted by Gasteiger charge is -2.27. The first kappa shape index (κ1) is 10.7. The smallest absolute Gasteiger partial charge is 0.316 e. The lowest BCUT2D eigenvalue weighted by molar-refractivity contribution is 0.312. The predicted molar refractivity (Wildman–Crippen MR) is 67.7 cm³/mol. The van der Waals surface area contributed by atoms with Crippen LogP contribution in [-0.2, 0) is 6.54 Å². The molecule has 17 heavy (non-hydrogen) atoms. The molecule has 0 radical (unpaired) electrons. The van der Waals surface area contributed by atoms with Gasteiger partial charge in [-0.05, 0) is 36.9 Å². The molecule has 0 saturated carbocycles. The van der Waals surface area contributed by atoms with E-state index in [1.165, 1.54) is 11.3 Å². The van der Waals surface area contributed by atoms with Crippen molar-refractivity contribution in [3.8, 4) is 0 Å². The summed E-state index contributed by atoms with van der Waals surface area (Å²) in [6.45, 7) is 2.75. The number of rotatable bonds is 3. The maximum atomic E-state index is 11.8. The lowest BCUT2D eigenvalue weighted by Crippen LogP contribution is -2.43. The maximum Gasteiger partial charge on any atom is 0.329 e. The van der Waals surface area contributed by atoms with Crippen molar-refractivity contribution in [2.24, 2.45) is 5.92 Å². The topological polar surface area (TPSA) is 66.9 Å². The van der Waals surface area contributed by atoms with Crippen LogP contribution in [-0.4, -0.2) is 22.6 Å². The van der Waals surface area contributed by atoms with E-state index in [0.29, 0.717) is 17.8 Å².